The number of carbonyl (C=O) groups is 1. The standard InChI is InChI=1S/C11H18N2O/c1-4-8-6-9(8)13-10(14)11(3,5-2)7-12/h8-9H,4-6H2,1-3H3,(H,13,14). The molecule has 0 aromatic heterocycles. The van der Waals surface area contributed by atoms with Crippen molar-refractivity contribution in [2.45, 2.75) is 46.1 Å². The molecule has 1 aliphatic carbocycles. The van der Waals surface area contributed by atoms with Crippen molar-refractivity contribution >= 4 is 5.91 Å². The molecule has 0 bridgehead atoms. The van der Waals surface area contributed by atoms with Crippen molar-refractivity contribution in [1.29, 1.82) is 5.26 Å². The van der Waals surface area contributed by atoms with Crippen LogP contribution in [0.25, 0.3) is 0 Å². The highest BCUT2D eigenvalue weighted by Gasteiger charge is 2.40. The Hall–Kier alpha value is -1.04. The molecule has 0 aromatic carbocycles. The lowest BCUT2D eigenvalue weighted by atomic mass is 9.88. The fourth-order valence-electron chi connectivity index (χ4n) is 1.49. The zero-order chi connectivity index (χ0) is 10.8. The summed E-state index contributed by atoms with van der Waals surface area (Å²) in [5, 5.41) is 11.8. The van der Waals surface area contributed by atoms with Gasteiger partial charge in [0.1, 0.15) is 5.41 Å². The van der Waals surface area contributed by atoms with Gasteiger partial charge in [0.05, 0.1) is 6.07 Å². The summed E-state index contributed by atoms with van der Waals surface area (Å²) in [4.78, 5) is 11.7. The number of hydrogen-bond acceptors (Lipinski definition) is 2. The first-order valence-corrected chi connectivity index (χ1v) is 5.29. The Labute approximate surface area is 85.5 Å². The van der Waals surface area contributed by atoms with Crippen molar-refractivity contribution in [1.82, 2.24) is 5.32 Å². The van der Waals surface area contributed by atoms with Crippen LogP contribution in [0.5, 0.6) is 0 Å². The van der Waals surface area contributed by atoms with Gasteiger partial charge in [-0.05, 0) is 25.7 Å². The van der Waals surface area contributed by atoms with E-state index in [0.29, 0.717) is 18.4 Å². The molecule has 3 atom stereocenters. The second-order valence-electron chi connectivity index (χ2n) is 4.28. The Morgan fingerprint density at radius 3 is 2.64 bits per heavy atom. The highest BCUT2D eigenvalue weighted by molar-refractivity contribution is 5.85. The van der Waals surface area contributed by atoms with Gasteiger partial charge < -0.3 is 5.32 Å². The van der Waals surface area contributed by atoms with E-state index in [4.69, 9.17) is 5.26 Å². The summed E-state index contributed by atoms with van der Waals surface area (Å²) in [6.45, 7) is 5.69. The number of rotatable bonds is 4. The topological polar surface area (TPSA) is 52.9 Å². The number of nitriles is 1. The van der Waals surface area contributed by atoms with Crippen molar-refractivity contribution in [3.05, 3.63) is 0 Å². The minimum atomic E-state index is -0.846. The summed E-state index contributed by atoms with van der Waals surface area (Å²) in [6.07, 6.45) is 2.76. The molecule has 78 valence electrons. The van der Waals surface area contributed by atoms with E-state index < -0.39 is 5.41 Å². The normalized spacial score (nSPS) is 28.7. The van der Waals surface area contributed by atoms with Crippen molar-refractivity contribution in [2.24, 2.45) is 11.3 Å². The molecule has 14 heavy (non-hydrogen) atoms. The summed E-state index contributed by atoms with van der Waals surface area (Å²) in [6, 6.07) is 2.41. The van der Waals surface area contributed by atoms with Crippen LogP contribution in [-0.2, 0) is 4.79 Å². The molecular weight excluding hydrogens is 176 g/mol. The molecule has 1 aliphatic rings. The molecule has 0 aromatic rings. The van der Waals surface area contributed by atoms with Crippen LogP contribution in [0.2, 0.25) is 0 Å². The number of amides is 1. The van der Waals surface area contributed by atoms with Crippen LogP contribution in [0, 0.1) is 22.7 Å². The summed E-state index contributed by atoms with van der Waals surface area (Å²) in [5.74, 6) is 0.530. The molecule has 3 heteroatoms. The summed E-state index contributed by atoms with van der Waals surface area (Å²) < 4.78 is 0. The maximum Gasteiger partial charge on any atom is 0.240 e. The molecule has 0 radical (unpaired) electrons. The van der Waals surface area contributed by atoms with Gasteiger partial charge in [-0.2, -0.15) is 5.26 Å². The molecule has 1 rings (SSSR count). The minimum Gasteiger partial charge on any atom is -0.352 e. The van der Waals surface area contributed by atoms with E-state index in [9.17, 15) is 4.79 Å². The number of carbonyl (C=O) groups excluding carboxylic acids is 1. The molecule has 0 spiro atoms. The van der Waals surface area contributed by atoms with Gasteiger partial charge in [0.15, 0.2) is 0 Å². The van der Waals surface area contributed by atoms with Gasteiger partial charge in [-0.25, -0.2) is 0 Å². The van der Waals surface area contributed by atoms with Crippen LogP contribution in [0.3, 0.4) is 0 Å². The van der Waals surface area contributed by atoms with E-state index in [1.807, 2.05) is 6.92 Å². The Morgan fingerprint density at radius 2 is 2.29 bits per heavy atom. The van der Waals surface area contributed by atoms with Crippen LogP contribution in [0.4, 0.5) is 0 Å². The third kappa shape index (κ3) is 2.06. The number of nitrogens with zero attached hydrogens (tertiary/aromatic N) is 1. The van der Waals surface area contributed by atoms with Gasteiger partial charge in [-0.1, -0.05) is 20.3 Å². The van der Waals surface area contributed by atoms with Gasteiger partial charge in [-0.3, -0.25) is 4.79 Å². The zero-order valence-electron chi connectivity index (χ0n) is 9.13. The average molecular weight is 194 g/mol. The summed E-state index contributed by atoms with van der Waals surface area (Å²) in [5.41, 5.74) is -0.846. The predicted octanol–water partition coefficient (Wildman–Crippen LogP) is 1.84. The predicted molar refractivity (Wildman–Crippen MR) is 54.3 cm³/mol. The molecule has 3 nitrogen and oxygen atoms in total. The Morgan fingerprint density at radius 1 is 1.64 bits per heavy atom. The second kappa shape index (κ2) is 4.00. The minimum absolute atomic E-state index is 0.108. The first-order valence-electron chi connectivity index (χ1n) is 5.29. The lowest BCUT2D eigenvalue weighted by molar-refractivity contribution is -0.127. The number of hydrogen-bond donors (Lipinski definition) is 1. The molecule has 0 heterocycles. The fourth-order valence-corrected chi connectivity index (χ4v) is 1.49. The van der Waals surface area contributed by atoms with E-state index in [2.05, 4.69) is 18.3 Å². The van der Waals surface area contributed by atoms with Crippen LogP contribution in [0.1, 0.15) is 40.0 Å². The first kappa shape index (κ1) is 11.0. The Balaban J connectivity index is 2.47. The van der Waals surface area contributed by atoms with Crippen molar-refractivity contribution in [2.75, 3.05) is 0 Å². The third-order valence-electron chi connectivity index (χ3n) is 3.22. The lowest BCUT2D eigenvalue weighted by Crippen LogP contribution is -2.39. The third-order valence-corrected chi connectivity index (χ3v) is 3.22. The molecule has 0 saturated heterocycles. The fraction of sp³-hybridized carbons (Fsp3) is 0.818. The molecule has 3 unspecified atom stereocenters. The van der Waals surface area contributed by atoms with E-state index in [1.54, 1.807) is 6.92 Å². The van der Waals surface area contributed by atoms with Gasteiger partial charge >= 0.3 is 0 Å². The van der Waals surface area contributed by atoms with E-state index >= 15 is 0 Å². The molecule has 0 aliphatic heterocycles. The molecule has 1 amide bonds. The van der Waals surface area contributed by atoms with Crippen LogP contribution >= 0.6 is 0 Å². The highest BCUT2D eigenvalue weighted by atomic mass is 16.2. The largest absolute Gasteiger partial charge is 0.352 e. The SMILES string of the molecule is CCC1CC1NC(=O)C(C)(C#N)CC. The zero-order valence-corrected chi connectivity index (χ0v) is 9.13. The van der Waals surface area contributed by atoms with Crippen molar-refractivity contribution < 1.29 is 4.79 Å². The van der Waals surface area contributed by atoms with Gasteiger partial charge in [0.25, 0.3) is 0 Å². The lowest BCUT2D eigenvalue weighted by Gasteiger charge is -2.18. The van der Waals surface area contributed by atoms with Crippen LogP contribution in [-0.4, -0.2) is 11.9 Å². The van der Waals surface area contributed by atoms with Crippen molar-refractivity contribution in [3.8, 4) is 6.07 Å². The maximum absolute atomic E-state index is 11.7. The van der Waals surface area contributed by atoms with Crippen LogP contribution < -0.4 is 5.32 Å². The number of nitrogens with one attached hydrogen (secondary N) is 1. The quantitative estimate of drug-likeness (QED) is 0.742. The van der Waals surface area contributed by atoms with E-state index in [-0.39, 0.29) is 5.91 Å². The molecule has 1 fully saturated rings. The monoisotopic (exact) mass is 194 g/mol. The second-order valence-corrected chi connectivity index (χ2v) is 4.28. The average Bonchev–Trinajstić information content (AvgIpc) is 2.95. The van der Waals surface area contributed by atoms with Crippen LogP contribution in [0.15, 0.2) is 0 Å². The molecular formula is C11H18N2O. The Kier molecular flexibility index (Phi) is 3.15. The van der Waals surface area contributed by atoms with E-state index in [0.717, 1.165) is 12.8 Å². The first-order chi connectivity index (χ1) is 6.57. The van der Waals surface area contributed by atoms with Crippen molar-refractivity contribution in [3.63, 3.8) is 0 Å². The molecule has 1 saturated carbocycles. The maximum atomic E-state index is 11.7. The summed E-state index contributed by atoms with van der Waals surface area (Å²) >= 11 is 0. The van der Waals surface area contributed by atoms with Gasteiger partial charge in [0.2, 0.25) is 5.91 Å². The van der Waals surface area contributed by atoms with Gasteiger partial charge in [0, 0.05) is 6.04 Å². The smallest absolute Gasteiger partial charge is 0.240 e. The van der Waals surface area contributed by atoms with E-state index in [1.165, 1.54) is 0 Å². The highest BCUT2D eigenvalue weighted by Crippen LogP contribution is 2.34. The Bertz CT molecular complexity index is 269. The summed E-state index contributed by atoms with van der Waals surface area (Å²) in [7, 11) is 0. The molecule has 1 N–H and O–H groups in total. The van der Waals surface area contributed by atoms with Gasteiger partial charge in [-0.15, -0.1) is 0 Å².